The number of nitrogens with one attached hydrogen (secondary N) is 1. The molecule has 0 saturated carbocycles. The minimum absolute atomic E-state index is 0. The van der Waals surface area contributed by atoms with Crippen molar-refractivity contribution >= 4 is 35.9 Å². The molecule has 26 heavy (non-hydrogen) atoms. The number of hydrogen-bond donors (Lipinski definition) is 1. The number of rotatable bonds is 5. The third-order valence-corrected chi connectivity index (χ3v) is 4.37. The Morgan fingerprint density at radius 3 is 2.73 bits per heavy atom. The van der Waals surface area contributed by atoms with Crippen LogP contribution >= 0.6 is 24.0 Å². The fourth-order valence-electron chi connectivity index (χ4n) is 3.04. The number of ether oxygens (including phenoxy) is 2. The molecule has 0 bridgehead atoms. The van der Waals surface area contributed by atoms with Crippen molar-refractivity contribution in [2.75, 3.05) is 33.9 Å². The number of methoxy groups -OCH3 is 1. The van der Waals surface area contributed by atoms with Crippen LogP contribution in [0.5, 0.6) is 5.75 Å². The van der Waals surface area contributed by atoms with Crippen molar-refractivity contribution in [1.82, 2.24) is 10.2 Å². The fraction of sp³-hybridized carbons (Fsp3) is 0.556. The number of benzene rings is 1. The fourth-order valence-corrected chi connectivity index (χ4v) is 3.04. The van der Waals surface area contributed by atoms with Crippen LogP contribution in [0.15, 0.2) is 23.2 Å². The van der Waals surface area contributed by atoms with Crippen LogP contribution in [-0.2, 0) is 16.1 Å². The molecule has 1 aliphatic heterocycles. The van der Waals surface area contributed by atoms with E-state index in [0.717, 1.165) is 12.1 Å². The van der Waals surface area contributed by atoms with Gasteiger partial charge in [0.25, 0.3) is 0 Å². The first-order valence-corrected chi connectivity index (χ1v) is 8.44. The Balaban J connectivity index is 0.00000338. The lowest BCUT2D eigenvalue weighted by molar-refractivity contribution is -0.145. The molecule has 1 aliphatic rings. The van der Waals surface area contributed by atoms with Gasteiger partial charge in [-0.05, 0) is 30.5 Å². The molecular weight excluding hydrogens is 452 g/mol. The van der Waals surface area contributed by atoms with Crippen LogP contribution in [0.3, 0.4) is 0 Å². The van der Waals surface area contributed by atoms with Gasteiger partial charge in [0.2, 0.25) is 0 Å². The van der Waals surface area contributed by atoms with Crippen LogP contribution in [0.4, 0.5) is 4.39 Å². The van der Waals surface area contributed by atoms with E-state index >= 15 is 0 Å². The molecule has 2 unspecified atom stereocenters. The lowest BCUT2D eigenvalue weighted by atomic mass is 9.99. The maximum absolute atomic E-state index is 13.9. The summed E-state index contributed by atoms with van der Waals surface area (Å²) in [4.78, 5) is 18.1. The van der Waals surface area contributed by atoms with Gasteiger partial charge in [0, 0.05) is 26.7 Å². The zero-order valence-corrected chi connectivity index (χ0v) is 18.0. The predicted molar refractivity (Wildman–Crippen MR) is 109 cm³/mol. The van der Waals surface area contributed by atoms with Gasteiger partial charge in [-0.3, -0.25) is 9.79 Å². The van der Waals surface area contributed by atoms with Gasteiger partial charge < -0.3 is 19.7 Å². The predicted octanol–water partition coefficient (Wildman–Crippen LogP) is 2.66. The van der Waals surface area contributed by atoms with Gasteiger partial charge >= 0.3 is 5.97 Å². The standard InChI is InChI=1S/C18H26FN3O3.HI/c1-5-25-16-7-6-13(8-15(16)19)9-21-18(20-3)22-10-12(2)14(11-22)17(23)24-4;/h6-8,12,14H,5,9-11H2,1-4H3,(H,20,21);1H. The topological polar surface area (TPSA) is 63.2 Å². The van der Waals surface area contributed by atoms with Gasteiger partial charge in [-0.15, -0.1) is 24.0 Å². The number of esters is 1. The molecule has 2 atom stereocenters. The third-order valence-electron chi connectivity index (χ3n) is 4.37. The molecule has 146 valence electrons. The van der Waals surface area contributed by atoms with Crippen LogP contribution in [-0.4, -0.2) is 50.7 Å². The monoisotopic (exact) mass is 479 g/mol. The van der Waals surface area contributed by atoms with E-state index in [-0.39, 0.29) is 53.3 Å². The van der Waals surface area contributed by atoms with Crippen molar-refractivity contribution in [2.24, 2.45) is 16.8 Å². The van der Waals surface area contributed by atoms with Crippen LogP contribution in [0.1, 0.15) is 19.4 Å². The van der Waals surface area contributed by atoms with Crippen LogP contribution in [0, 0.1) is 17.7 Å². The quantitative estimate of drug-likeness (QED) is 0.305. The highest BCUT2D eigenvalue weighted by atomic mass is 127. The van der Waals surface area contributed by atoms with E-state index in [9.17, 15) is 9.18 Å². The Hall–Kier alpha value is -1.58. The number of guanidine groups is 1. The van der Waals surface area contributed by atoms with Gasteiger partial charge in [-0.2, -0.15) is 0 Å². The van der Waals surface area contributed by atoms with Crippen LogP contribution in [0.25, 0.3) is 0 Å². The summed E-state index contributed by atoms with van der Waals surface area (Å²) in [7, 11) is 3.10. The van der Waals surface area contributed by atoms with Crippen molar-refractivity contribution in [1.29, 1.82) is 0 Å². The van der Waals surface area contributed by atoms with Gasteiger partial charge in [-0.25, -0.2) is 4.39 Å². The van der Waals surface area contributed by atoms with Gasteiger partial charge in [0.1, 0.15) is 0 Å². The Labute approximate surface area is 171 Å². The summed E-state index contributed by atoms with van der Waals surface area (Å²) < 4.78 is 24.0. The van der Waals surface area contributed by atoms with Crippen molar-refractivity contribution in [3.63, 3.8) is 0 Å². The van der Waals surface area contributed by atoms with E-state index in [2.05, 4.69) is 10.3 Å². The Morgan fingerprint density at radius 2 is 2.15 bits per heavy atom. The number of carbonyl (C=O) groups is 1. The average molecular weight is 479 g/mol. The lowest BCUT2D eigenvalue weighted by Crippen LogP contribution is -2.40. The molecule has 0 spiro atoms. The smallest absolute Gasteiger partial charge is 0.310 e. The Morgan fingerprint density at radius 1 is 1.42 bits per heavy atom. The number of carbonyl (C=O) groups excluding carboxylic acids is 1. The molecule has 1 N–H and O–H groups in total. The van der Waals surface area contributed by atoms with E-state index in [0.29, 0.717) is 25.7 Å². The SMILES string of the molecule is CCOc1ccc(CNC(=NC)N2CC(C)C(C(=O)OC)C2)cc1F.I. The molecule has 0 aliphatic carbocycles. The minimum atomic E-state index is -0.378. The molecule has 1 aromatic carbocycles. The summed E-state index contributed by atoms with van der Waals surface area (Å²) >= 11 is 0. The maximum Gasteiger partial charge on any atom is 0.310 e. The summed E-state index contributed by atoms with van der Waals surface area (Å²) in [6.45, 7) is 5.98. The summed E-state index contributed by atoms with van der Waals surface area (Å²) in [5, 5.41) is 3.22. The molecule has 8 heteroatoms. The van der Waals surface area contributed by atoms with E-state index < -0.39 is 0 Å². The molecule has 1 saturated heterocycles. The first-order chi connectivity index (χ1) is 12.0. The summed E-state index contributed by atoms with van der Waals surface area (Å²) in [6.07, 6.45) is 0. The third kappa shape index (κ3) is 5.46. The first-order valence-electron chi connectivity index (χ1n) is 8.44. The Bertz CT molecular complexity index is 642. The number of likely N-dealkylation sites (tertiary alicyclic amines) is 1. The minimum Gasteiger partial charge on any atom is -0.491 e. The van der Waals surface area contributed by atoms with Crippen molar-refractivity contribution in [3.05, 3.63) is 29.6 Å². The van der Waals surface area contributed by atoms with Crippen LogP contribution in [0.2, 0.25) is 0 Å². The molecule has 1 heterocycles. The van der Waals surface area contributed by atoms with Crippen molar-refractivity contribution in [3.8, 4) is 5.75 Å². The lowest BCUT2D eigenvalue weighted by Gasteiger charge is -2.21. The number of hydrogen-bond acceptors (Lipinski definition) is 4. The van der Waals surface area contributed by atoms with E-state index in [1.54, 1.807) is 13.1 Å². The van der Waals surface area contributed by atoms with Gasteiger partial charge in [0.15, 0.2) is 17.5 Å². The second-order valence-electron chi connectivity index (χ2n) is 6.11. The van der Waals surface area contributed by atoms with Gasteiger partial charge in [-0.1, -0.05) is 13.0 Å². The number of halogens is 2. The Kier molecular flexibility index (Phi) is 9.11. The summed E-state index contributed by atoms with van der Waals surface area (Å²) in [6, 6.07) is 4.90. The molecule has 1 aromatic rings. The van der Waals surface area contributed by atoms with E-state index in [1.165, 1.54) is 13.2 Å². The second kappa shape index (κ2) is 10.5. The highest BCUT2D eigenvalue weighted by Gasteiger charge is 2.36. The molecular formula is C18H27FIN3O3. The second-order valence-corrected chi connectivity index (χ2v) is 6.11. The molecule has 0 aromatic heterocycles. The molecule has 0 amide bonds. The zero-order valence-electron chi connectivity index (χ0n) is 15.6. The molecule has 0 radical (unpaired) electrons. The molecule has 2 rings (SSSR count). The molecule has 6 nitrogen and oxygen atoms in total. The maximum atomic E-state index is 13.9. The van der Waals surface area contributed by atoms with Crippen molar-refractivity contribution in [2.45, 2.75) is 20.4 Å². The average Bonchev–Trinajstić information content (AvgIpc) is 2.99. The van der Waals surface area contributed by atoms with E-state index in [1.807, 2.05) is 24.8 Å². The molecule has 1 fully saturated rings. The number of aliphatic imine (C=N–C) groups is 1. The summed E-state index contributed by atoms with van der Waals surface area (Å²) in [5.74, 6) is 0.397. The van der Waals surface area contributed by atoms with Crippen molar-refractivity contribution < 1.29 is 18.7 Å². The first kappa shape index (κ1) is 22.5. The largest absolute Gasteiger partial charge is 0.491 e. The zero-order chi connectivity index (χ0) is 18.4. The number of nitrogens with zero attached hydrogens (tertiary/aromatic N) is 2. The summed E-state index contributed by atoms with van der Waals surface area (Å²) in [5.41, 5.74) is 0.791. The normalized spacial score (nSPS) is 19.7. The van der Waals surface area contributed by atoms with Crippen LogP contribution < -0.4 is 10.1 Å². The van der Waals surface area contributed by atoms with E-state index in [4.69, 9.17) is 9.47 Å². The highest BCUT2D eigenvalue weighted by molar-refractivity contribution is 14.0. The van der Waals surface area contributed by atoms with Gasteiger partial charge in [0.05, 0.1) is 19.6 Å². The highest BCUT2D eigenvalue weighted by Crippen LogP contribution is 2.24.